The van der Waals surface area contributed by atoms with E-state index in [1.807, 2.05) is 0 Å². The highest BCUT2D eigenvalue weighted by molar-refractivity contribution is 7.98. The van der Waals surface area contributed by atoms with E-state index in [1.165, 1.54) is 28.5 Å². The zero-order valence-corrected chi connectivity index (χ0v) is 10.7. The van der Waals surface area contributed by atoms with Crippen molar-refractivity contribution >= 4 is 17.7 Å². The van der Waals surface area contributed by atoms with Crippen LogP contribution in [0.5, 0.6) is 0 Å². The molecule has 0 saturated heterocycles. The number of halogens is 1. The molecule has 1 aromatic heterocycles. The molecule has 0 atom stereocenters. The monoisotopic (exact) mass is 283 g/mol. The second-order valence-corrected chi connectivity index (χ2v) is 4.72. The van der Waals surface area contributed by atoms with Gasteiger partial charge in [0.05, 0.1) is 5.56 Å². The standard InChI is InChI=1S/C11H10FN3O3S/c1-15-10(18)13-14-11(15)19-5-6-2-3-8(12)7(4-6)9(16)17/h2-4H,5H2,1H3,(H,13,18)(H,16,17). The van der Waals surface area contributed by atoms with Crippen LogP contribution in [0.3, 0.4) is 0 Å². The number of carbonyl (C=O) groups is 1. The predicted molar refractivity (Wildman–Crippen MR) is 66.7 cm³/mol. The number of nitrogens with one attached hydrogen (secondary N) is 1. The number of aromatic nitrogens is 3. The summed E-state index contributed by atoms with van der Waals surface area (Å²) in [6, 6.07) is 3.89. The van der Waals surface area contributed by atoms with E-state index in [1.54, 1.807) is 7.05 Å². The van der Waals surface area contributed by atoms with Crippen LogP contribution in [-0.4, -0.2) is 25.8 Å². The van der Waals surface area contributed by atoms with E-state index < -0.39 is 11.8 Å². The fraction of sp³-hybridized carbons (Fsp3) is 0.182. The van der Waals surface area contributed by atoms with E-state index >= 15 is 0 Å². The number of thioether (sulfide) groups is 1. The van der Waals surface area contributed by atoms with Gasteiger partial charge in [-0.25, -0.2) is 19.1 Å². The number of benzene rings is 1. The summed E-state index contributed by atoms with van der Waals surface area (Å²) in [6.07, 6.45) is 0. The number of hydrogen-bond donors (Lipinski definition) is 2. The molecule has 19 heavy (non-hydrogen) atoms. The number of H-pyrrole nitrogens is 1. The van der Waals surface area contributed by atoms with Gasteiger partial charge < -0.3 is 5.11 Å². The average molecular weight is 283 g/mol. The summed E-state index contributed by atoms with van der Waals surface area (Å²) in [5.41, 5.74) is -0.0545. The normalized spacial score (nSPS) is 10.6. The maximum atomic E-state index is 13.2. The van der Waals surface area contributed by atoms with Gasteiger partial charge in [0.2, 0.25) is 0 Å². The minimum atomic E-state index is -1.31. The van der Waals surface area contributed by atoms with Crippen LogP contribution in [0.25, 0.3) is 0 Å². The second-order valence-electron chi connectivity index (χ2n) is 3.78. The van der Waals surface area contributed by atoms with Gasteiger partial charge in [-0.05, 0) is 17.7 Å². The molecule has 2 N–H and O–H groups in total. The van der Waals surface area contributed by atoms with Crippen molar-refractivity contribution in [1.29, 1.82) is 0 Å². The Morgan fingerprint density at radius 2 is 2.32 bits per heavy atom. The number of carboxylic acid groups (broad SMARTS) is 1. The van der Waals surface area contributed by atoms with Crippen molar-refractivity contribution in [3.63, 3.8) is 0 Å². The van der Waals surface area contributed by atoms with Crippen LogP contribution in [0.2, 0.25) is 0 Å². The number of hydrogen-bond acceptors (Lipinski definition) is 4. The Bertz CT molecular complexity index is 680. The van der Waals surface area contributed by atoms with Crippen LogP contribution in [-0.2, 0) is 12.8 Å². The summed E-state index contributed by atoms with van der Waals surface area (Å²) in [7, 11) is 1.57. The SMILES string of the molecule is Cn1c(SCc2ccc(F)c(C(=O)O)c2)n[nH]c1=O. The number of aromatic amines is 1. The lowest BCUT2D eigenvalue weighted by atomic mass is 10.1. The first-order chi connectivity index (χ1) is 8.99. The Hall–Kier alpha value is -2.09. The highest BCUT2D eigenvalue weighted by Crippen LogP contribution is 2.20. The third-order valence-electron chi connectivity index (χ3n) is 2.47. The van der Waals surface area contributed by atoms with Crippen molar-refractivity contribution in [3.8, 4) is 0 Å². The van der Waals surface area contributed by atoms with E-state index in [0.29, 0.717) is 16.5 Å². The van der Waals surface area contributed by atoms with E-state index in [-0.39, 0.29) is 11.3 Å². The summed E-state index contributed by atoms with van der Waals surface area (Å²) in [5, 5.41) is 15.4. The zero-order valence-electron chi connectivity index (χ0n) is 9.88. The molecule has 8 heteroatoms. The first kappa shape index (κ1) is 13.3. The van der Waals surface area contributed by atoms with Crippen LogP contribution in [0.15, 0.2) is 28.2 Å². The van der Waals surface area contributed by atoms with Crippen LogP contribution >= 0.6 is 11.8 Å². The van der Waals surface area contributed by atoms with Crippen molar-refractivity contribution in [2.45, 2.75) is 10.9 Å². The van der Waals surface area contributed by atoms with Gasteiger partial charge >= 0.3 is 11.7 Å². The highest BCUT2D eigenvalue weighted by Gasteiger charge is 2.11. The summed E-state index contributed by atoms with van der Waals surface area (Å²) < 4.78 is 14.5. The van der Waals surface area contributed by atoms with Crippen molar-refractivity contribution in [2.24, 2.45) is 7.05 Å². The van der Waals surface area contributed by atoms with Crippen LogP contribution in [0, 0.1) is 5.82 Å². The van der Waals surface area contributed by atoms with Crippen molar-refractivity contribution < 1.29 is 14.3 Å². The molecule has 0 aliphatic rings. The molecule has 2 aromatic rings. The Morgan fingerprint density at radius 3 is 2.89 bits per heavy atom. The first-order valence-corrected chi connectivity index (χ1v) is 6.23. The van der Waals surface area contributed by atoms with Gasteiger partial charge in [0, 0.05) is 12.8 Å². The topological polar surface area (TPSA) is 88.0 Å². The summed E-state index contributed by atoms with van der Waals surface area (Å²) >= 11 is 1.25. The Kier molecular flexibility index (Phi) is 3.70. The molecule has 0 bridgehead atoms. The molecule has 0 fully saturated rings. The minimum absolute atomic E-state index is 0.326. The molecule has 100 valence electrons. The van der Waals surface area contributed by atoms with E-state index in [2.05, 4.69) is 10.2 Å². The molecule has 1 aromatic carbocycles. The summed E-state index contributed by atoms with van der Waals surface area (Å²) in [6.45, 7) is 0. The van der Waals surface area contributed by atoms with Gasteiger partial charge in [0.15, 0.2) is 5.16 Å². The minimum Gasteiger partial charge on any atom is -0.478 e. The predicted octanol–water partition coefficient (Wildman–Crippen LogP) is 1.24. The maximum absolute atomic E-state index is 13.2. The van der Waals surface area contributed by atoms with Gasteiger partial charge in [-0.15, -0.1) is 5.10 Å². The molecule has 6 nitrogen and oxygen atoms in total. The maximum Gasteiger partial charge on any atom is 0.343 e. The molecule has 0 radical (unpaired) electrons. The summed E-state index contributed by atoms with van der Waals surface area (Å²) in [4.78, 5) is 21.9. The molecule has 0 unspecified atom stereocenters. The molecule has 0 aliphatic heterocycles. The van der Waals surface area contributed by atoms with E-state index in [4.69, 9.17) is 5.11 Å². The largest absolute Gasteiger partial charge is 0.478 e. The molecule has 0 amide bonds. The molecule has 2 rings (SSSR count). The lowest BCUT2D eigenvalue weighted by Gasteiger charge is -2.03. The lowest BCUT2D eigenvalue weighted by Crippen LogP contribution is -2.12. The van der Waals surface area contributed by atoms with Gasteiger partial charge in [-0.1, -0.05) is 17.8 Å². The molecule has 0 saturated carbocycles. The zero-order chi connectivity index (χ0) is 14.0. The smallest absolute Gasteiger partial charge is 0.343 e. The van der Waals surface area contributed by atoms with Crippen molar-refractivity contribution in [1.82, 2.24) is 14.8 Å². The van der Waals surface area contributed by atoms with Crippen LogP contribution in [0.4, 0.5) is 4.39 Å². The fourth-order valence-corrected chi connectivity index (χ4v) is 2.30. The summed E-state index contributed by atoms with van der Waals surface area (Å²) in [5.74, 6) is -1.69. The highest BCUT2D eigenvalue weighted by atomic mass is 32.2. The fourth-order valence-electron chi connectivity index (χ4n) is 1.44. The number of rotatable bonds is 4. The van der Waals surface area contributed by atoms with Gasteiger partial charge in [-0.3, -0.25) is 4.57 Å². The van der Waals surface area contributed by atoms with Gasteiger partial charge in [0.25, 0.3) is 0 Å². The average Bonchev–Trinajstić information content (AvgIpc) is 2.69. The van der Waals surface area contributed by atoms with Crippen LogP contribution in [0.1, 0.15) is 15.9 Å². The van der Waals surface area contributed by atoms with Crippen molar-refractivity contribution in [2.75, 3.05) is 0 Å². The second kappa shape index (κ2) is 5.27. The first-order valence-electron chi connectivity index (χ1n) is 5.25. The lowest BCUT2D eigenvalue weighted by molar-refractivity contribution is 0.0692. The van der Waals surface area contributed by atoms with E-state index in [9.17, 15) is 14.0 Å². The number of carboxylic acids is 1. The molecule has 0 spiro atoms. The Morgan fingerprint density at radius 1 is 1.58 bits per heavy atom. The van der Waals surface area contributed by atoms with Gasteiger partial charge in [0.1, 0.15) is 5.82 Å². The van der Waals surface area contributed by atoms with Crippen molar-refractivity contribution in [3.05, 3.63) is 45.6 Å². The third-order valence-corrected chi connectivity index (χ3v) is 3.57. The molecular weight excluding hydrogens is 273 g/mol. The number of aromatic carboxylic acids is 1. The molecule has 1 heterocycles. The Labute approximate surface area is 111 Å². The van der Waals surface area contributed by atoms with Gasteiger partial charge in [-0.2, -0.15) is 0 Å². The number of nitrogens with zero attached hydrogens (tertiary/aromatic N) is 2. The Balaban J connectivity index is 2.16. The van der Waals surface area contributed by atoms with Crippen LogP contribution < -0.4 is 5.69 Å². The quantitative estimate of drug-likeness (QED) is 0.824. The molecular formula is C11H10FN3O3S. The molecule has 0 aliphatic carbocycles. The third kappa shape index (κ3) is 2.84. The van der Waals surface area contributed by atoms with E-state index in [0.717, 1.165) is 6.07 Å².